The Balaban J connectivity index is 1.94. The van der Waals surface area contributed by atoms with E-state index in [1.54, 1.807) is 24.0 Å². The number of carbonyl (C=O) groups excluding carboxylic acids is 5. The number of hydrogen-bond donors (Lipinski definition) is 2. The van der Waals surface area contributed by atoms with E-state index in [9.17, 15) is 33.9 Å². The fraction of sp³-hybridized carbons (Fsp3) is 0.478. The summed E-state index contributed by atoms with van der Waals surface area (Å²) in [6.45, 7) is 7.37. The third kappa shape index (κ3) is 3.96. The van der Waals surface area contributed by atoms with Crippen LogP contribution in [0.4, 0.5) is 0 Å². The first-order chi connectivity index (χ1) is 16.0. The molecule has 0 bridgehead atoms. The molecule has 1 aromatic carbocycles. The van der Waals surface area contributed by atoms with Gasteiger partial charge in [-0.15, -0.1) is 0 Å². The molecule has 3 atom stereocenters. The van der Waals surface area contributed by atoms with E-state index in [1.807, 2.05) is 13.8 Å². The molecule has 2 unspecified atom stereocenters. The number of carbonyl (C=O) groups is 6. The van der Waals surface area contributed by atoms with Gasteiger partial charge in [-0.25, -0.2) is 9.69 Å². The molecule has 11 nitrogen and oxygen atoms in total. The predicted octanol–water partition coefficient (Wildman–Crippen LogP) is 0.448. The smallest absolute Gasteiger partial charge is 0.350 e. The summed E-state index contributed by atoms with van der Waals surface area (Å²) >= 11 is 0. The Hall–Kier alpha value is -3.60. The molecule has 0 saturated carbocycles. The fourth-order valence-corrected chi connectivity index (χ4v) is 4.45. The molecule has 1 aromatic rings. The van der Waals surface area contributed by atoms with E-state index in [0.29, 0.717) is 18.0 Å². The number of nitrogens with one attached hydrogen (secondary N) is 1. The summed E-state index contributed by atoms with van der Waals surface area (Å²) in [7, 11) is 0. The van der Waals surface area contributed by atoms with Crippen molar-refractivity contribution >= 4 is 35.5 Å². The summed E-state index contributed by atoms with van der Waals surface area (Å²) in [6.07, 6.45) is -0.423. The molecule has 5 amide bonds. The van der Waals surface area contributed by atoms with E-state index in [2.05, 4.69) is 5.32 Å². The molecule has 2 N–H and O–H groups in total. The van der Waals surface area contributed by atoms with Crippen molar-refractivity contribution in [3.63, 3.8) is 0 Å². The number of carboxylic acids is 1. The normalized spacial score (nSPS) is 20.9. The van der Waals surface area contributed by atoms with Crippen LogP contribution in [-0.4, -0.2) is 86.1 Å². The standard InChI is InChI=1S/C23H28N4O7/c1-5-25(6-2)13(3)18(29)24-23(4,22(33)34)27-17(28)12-11-16(21(27)32)26-19(30)14-9-7-8-10-15(14)20(26)31/h7-10,13,16H,5-6,11-12H2,1-4H3,(H,24,29)(H,33,34)/t13?,16?,23-/m0/s1. The van der Waals surface area contributed by atoms with Gasteiger partial charge in [0.05, 0.1) is 17.2 Å². The predicted molar refractivity (Wildman–Crippen MR) is 118 cm³/mol. The van der Waals surface area contributed by atoms with E-state index in [-0.39, 0.29) is 24.0 Å². The van der Waals surface area contributed by atoms with Crippen LogP contribution >= 0.6 is 0 Å². The Bertz CT molecular complexity index is 1030. The second-order valence-corrected chi connectivity index (χ2v) is 8.41. The van der Waals surface area contributed by atoms with Crippen LogP contribution in [0.5, 0.6) is 0 Å². The molecule has 1 saturated heterocycles. The lowest BCUT2D eigenvalue weighted by atomic mass is 9.97. The Kier molecular flexibility index (Phi) is 6.87. The second kappa shape index (κ2) is 9.34. The summed E-state index contributed by atoms with van der Waals surface area (Å²) in [6, 6.07) is 3.99. The molecule has 0 aliphatic carbocycles. The number of likely N-dealkylation sites (tertiary alicyclic amines) is 1. The minimum absolute atomic E-state index is 0.131. The highest BCUT2D eigenvalue weighted by Gasteiger charge is 2.54. The van der Waals surface area contributed by atoms with Gasteiger partial charge in [-0.2, -0.15) is 0 Å². The van der Waals surface area contributed by atoms with Crippen molar-refractivity contribution in [3.8, 4) is 0 Å². The first kappa shape index (κ1) is 25.0. The number of amides is 5. The van der Waals surface area contributed by atoms with Gasteiger partial charge < -0.3 is 10.4 Å². The molecule has 2 heterocycles. The van der Waals surface area contributed by atoms with Crippen molar-refractivity contribution in [2.75, 3.05) is 13.1 Å². The molecule has 3 rings (SSSR count). The lowest BCUT2D eigenvalue weighted by Crippen LogP contribution is -2.72. The molecule has 34 heavy (non-hydrogen) atoms. The first-order valence-electron chi connectivity index (χ1n) is 11.1. The minimum atomic E-state index is -2.41. The molecule has 11 heteroatoms. The van der Waals surface area contributed by atoms with Crippen molar-refractivity contribution in [1.29, 1.82) is 0 Å². The monoisotopic (exact) mass is 472 g/mol. The number of piperidine rings is 1. The molecule has 2 aliphatic rings. The average Bonchev–Trinajstić information content (AvgIpc) is 3.05. The van der Waals surface area contributed by atoms with Gasteiger partial charge in [-0.3, -0.25) is 33.8 Å². The van der Waals surface area contributed by atoms with Gasteiger partial charge in [0, 0.05) is 6.42 Å². The number of fused-ring (bicyclic) bond motifs is 1. The van der Waals surface area contributed by atoms with Crippen LogP contribution < -0.4 is 5.32 Å². The minimum Gasteiger partial charge on any atom is -0.478 e. The zero-order valence-electron chi connectivity index (χ0n) is 19.5. The number of benzene rings is 1. The molecule has 0 aromatic heterocycles. The Labute approximate surface area is 196 Å². The Morgan fingerprint density at radius 3 is 2.12 bits per heavy atom. The lowest BCUT2D eigenvalue weighted by molar-refractivity contribution is -0.173. The van der Waals surface area contributed by atoms with Gasteiger partial charge >= 0.3 is 5.97 Å². The van der Waals surface area contributed by atoms with Crippen molar-refractivity contribution in [3.05, 3.63) is 35.4 Å². The molecule has 182 valence electrons. The van der Waals surface area contributed by atoms with Gasteiger partial charge in [-0.05, 0) is 45.5 Å². The summed E-state index contributed by atoms with van der Waals surface area (Å²) in [5.74, 6) is -5.55. The lowest BCUT2D eigenvalue weighted by Gasteiger charge is -2.43. The molecule has 1 fully saturated rings. The van der Waals surface area contributed by atoms with Gasteiger partial charge in [0.25, 0.3) is 17.7 Å². The summed E-state index contributed by atoms with van der Waals surface area (Å²) in [4.78, 5) is 80.2. The van der Waals surface area contributed by atoms with Crippen LogP contribution in [0.3, 0.4) is 0 Å². The quantitative estimate of drug-likeness (QED) is 0.519. The third-order valence-electron chi connectivity index (χ3n) is 6.49. The maximum atomic E-state index is 13.4. The molecule has 0 spiro atoms. The molecule has 0 radical (unpaired) electrons. The van der Waals surface area contributed by atoms with Crippen molar-refractivity contribution in [1.82, 2.24) is 20.0 Å². The van der Waals surface area contributed by atoms with Crippen LogP contribution in [0.2, 0.25) is 0 Å². The summed E-state index contributed by atoms with van der Waals surface area (Å²) < 4.78 is 0. The first-order valence-corrected chi connectivity index (χ1v) is 11.1. The van der Waals surface area contributed by atoms with E-state index in [1.165, 1.54) is 12.1 Å². The van der Waals surface area contributed by atoms with E-state index < -0.39 is 53.3 Å². The Morgan fingerprint density at radius 1 is 1.12 bits per heavy atom. The highest BCUT2D eigenvalue weighted by molar-refractivity contribution is 6.23. The van der Waals surface area contributed by atoms with Crippen LogP contribution in [-0.2, 0) is 19.2 Å². The van der Waals surface area contributed by atoms with Crippen LogP contribution in [0, 0.1) is 0 Å². The zero-order chi connectivity index (χ0) is 25.4. The maximum absolute atomic E-state index is 13.4. The fourth-order valence-electron chi connectivity index (χ4n) is 4.45. The Morgan fingerprint density at radius 2 is 1.65 bits per heavy atom. The number of imide groups is 2. The largest absolute Gasteiger partial charge is 0.478 e. The topological polar surface area (TPSA) is 144 Å². The van der Waals surface area contributed by atoms with Crippen LogP contribution in [0.25, 0.3) is 0 Å². The summed E-state index contributed by atoms with van der Waals surface area (Å²) in [5, 5.41) is 12.3. The van der Waals surface area contributed by atoms with Crippen LogP contribution in [0.15, 0.2) is 24.3 Å². The van der Waals surface area contributed by atoms with Gasteiger partial charge in [0.1, 0.15) is 6.04 Å². The van der Waals surface area contributed by atoms with Gasteiger partial charge in [0.15, 0.2) is 0 Å². The number of carboxylic acid groups (broad SMARTS) is 1. The van der Waals surface area contributed by atoms with E-state index in [4.69, 9.17) is 0 Å². The highest BCUT2D eigenvalue weighted by Crippen LogP contribution is 2.31. The van der Waals surface area contributed by atoms with Crippen LogP contribution in [0.1, 0.15) is 61.3 Å². The van der Waals surface area contributed by atoms with E-state index >= 15 is 0 Å². The molecule has 2 aliphatic heterocycles. The number of nitrogens with zero attached hydrogens (tertiary/aromatic N) is 3. The number of rotatable bonds is 8. The zero-order valence-corrected chi connectivity index (χ0v) is 19.5. The van der Waals surface area contributed by atoms with Crippen molar-refractivity contribution in [2.45, 2.75) is 58.3 Å². The summed E-state index contributed by atoms with van der Waals surface area (Å²) in [5.41, 5.74) is -2.15. The maximum Gasteiger partial charge on any atom is 0.350 e. The second-order valence-electron chi connectivity index (χ2n) is 8.41. The van der Waals surface area contributed by atoms with Gasteiger partial charge in [0.2, 0.25) is 17.5 Å². The average molecular weight is 472 g/mol. The molecular weight excluding hydrogens is 444 g/mol. The van der Waals surface area contributed by atoms with E-state index in [0.717, 1.165) is 11.8 Å². The third-order valence-corrected chi connectivity index (χ3v) is 6.49. The molecular formula is C23H28N4O7. The highest BCUT2D eigenvalue weighted by atomic mass is 16.4. The number of aliphatic carboxylic acids is 1. The number of hydrogen-bond acceptors (Lipinski definition) is 7. The van der Waals surface area contributed by atoms with Gasteiger partial charge in [-0.1, -0.05) is 26.0 Å². The SMILES string of the molecule is CCN(CC)C(C)C(=O)N[C@](C)(C(=O)O)N1C(=O)CCC(N2C(=O)c3ccccc3C2=O)C1=O. The van der Waals surface area contributed by atoms with Crippen molar-refractivity contribution < 1.29 is 33.9 Å². The van der Waals surface area contributed by atoms with Crippen molar-refractivity contribution in [2.24, 2.45) is 0 Å². The number of likely N-dealkylation sites (N-methyl/N-ethyl adjacent to an activating group) is 1.